The summed E-state index contributed by atoms with van der Waals surface area (Å²) >= 11 is 2.19. The van der Waals surface area contributed by atoms with E-state index in [1.54, 1.807) is 0 Å². The number of phenols is 2. The summed E-state index contributed by atoms with van der Waals surface area (Å²) < 4.78 is 1.03. The predicted octanol–water partition coefficient (Wildman–Crippen LogP) is 4.01. The van der Waals surface area contributed by atoms with Gasteiger partial charge in [0.2, 0.25) is 0 Å². The SMILES string of the molecule is Oc1c2ccccc2c(O)c2cc(I)ccc12. The summed E-state index contributed by atoms with van der Waals surface area (Å²) in [7, 11) is 0. The molecule has 3 aromatic rings. The van der Waals surface area contributed by atoms with Gasteiger partial charge in [-0.3, -0.25) is 0 Å². The fourth-order valence-electron chi connectivity index (χ4n) is 2.11. The molecule has 2 nitrogen and oxygen atoms in total. The Bertz CT molecular complexity index is 735. The van der Waals surface area contributed by atoms with Gasteiger partial charge in [-0.1, -0.05) is 24.3 Å². The van der Waals surface area contributed by atoms with Crippen molar-refractivity contribution in [1.82, 2.24) is 0 Å². The van der Waals surface area contributed by atoms with Crippen molar-refractivity contribution in [3.63, 3.8) is 0 Å². The van der Waals surface area contributed by atoms with Crippen LogP contribution in [0.1, 0.15) is 0 Å². The number of fused-ring (bicyclic) bond motifs is 2. The smallest absolute Gasteiger partial charge is 0.131 e. The highest BCUT2D eigenvalue weighted by atomic mass is 127. The molecule has 0 spiro atoms. The van der Waals surface area contributed by atoms with Crippen LogP contribution in [0.4, 0.5) is 0 Å². The van der Waals surface area contributed by atoms with Crippen LogP contribution in [0.5, 0.6) is 11.5 Å². The fraction of sp³-hybridized carbons (Fsp3) is 0. The summed E-state index contributed by atoms with van der Waals surface area (Å²) in [6, 6.07) is 12.9. The molecule has 0 aliphatic carbocycles. The van der Waals surface area contributed by atoms with E-state index in [0.717, 1.165) is 3.57 Å². The molecular weight excluding hydrogens is 327 g/mol. The van der Waals surface area contributed by atoms with Crippen LogP contribution in [-0.4, -0.2) is 10.2 Å². The van der Waals surface area contributed by atoms with Gasteiger partial charge < -0.3 is 10.2 Å². The standard InChI is InChI=1S/C14H9IO2/c15-8-5-6-11-12(7-8)14(17)10-4-2-1-3-9(10)13(11)16/h1-7,16-17H. The Morgan fingerprint density at radius 1 is 0.706 bits per heavy atom. The van der Waals surface area contributed by atoms with E-state index in [9.17, 15) is 10.2 Å². The van der Waals surface area contributed by atoms with E-state index in [2.05, 4.69) is 22.6 Å². The van der Waals surface area contributed by atoms with Crippen LogP contribution >= 0.6 is 22.6 Å². The lowest BCUT2D eigenvalue weighted by molar-refractivity contribution is 0.478. The molecule has 3 heteroatoms. The van der Waals surface area contributed by atoms with Crippen molar-refractivity contribution in [2.45, 2.75) is 0 Å². The van der Waals surface area contributed by atoms with Crippen molar-refractivity contribution in [3.05, 3.63) is 46.0 Å². The van der Waals surface area contributed by atoms with Crippen LogP contribution in [0.2, 0.25) is 0 Å². The number of halogens is 1. The molecule has 0 aliphatic rings. The quantitative estimate of drug-likeness (QED) is 0.370. The summed E-state index contributed by atoms with van der Waals surface area (Å²) in [5.41, 5.74) is 0. The van der Waals surface area contributed by atoms with Crippen LogP contribution in [0, 0.1) is 3.57 Å². The molecule has 0 aliphatic heterocycles. The maximum atomic E-state index is 10.2. The summed E-state index contributed by atoms with van der Waals surface area (Å²) in [6.07, 6.45) is 0. The first-order valence-electron chi connectivity index (χ1n) is 5.20. The van der Waals surface area contributed by atoms with Crippen LogP contribution in [0.3, 0.4) is 0 Å². The van der Waals surface area contributed by atoms with Gasteiger partial charge in [0, 0.05) is 25.1 Å². The first kappa shape index (κ1) is 10.7. The van der Waals surface area contributed by atoms with Gasteiger partial charge in [-0.15, -0.1) is 0 Å². The van der Waals surface area contributed by atoms with Crippen molar-refractivity contribution >= 4 is 44.1 Å². The Morgan fingerprint density at radius 2 is 1.24 bits per heavy atom. The minimum atomic E-state index is 0.227. The van der Waals surface area contributed by atoms with Crippen LogP contribution < -0.4 is 0 Å². The lowest BCUT2D eigenvalue weighted by Gasteiger charge is -2.09. The van der Waals surface area contributed by atoms with E-state index in [1.165, 1.54) is 0 Å². The van der Waals surface area contributed by atoms with Crippen molar-refractivity contribution in [2.75, 3.05) is 0 Å². The second-order valence-electron chi connectivity index (χ2n) is 3.93. The van der Waals surface area contributed by atoms with Crippen LogP contribution in [0.25, 0.3) is 21.5 Å². The zero-order valence-corrected chi connectivity index (χ0v) is 11.0. The zero-order valence-electron chi connectivity index (χ0n) is 8.81. The number of hydrogen-bond donors (Lipinski definition) is 2. The van der Waals surface area contributed by atoms with Gasteiger partial charge in [0.1, 0.15) is 11.5 Å². The zero-order chi connectivity index (χ0) is 12.0. The lowest BCUT2D eigenvalue weighted by atomic mass is 10.0. The van der Waals surface area contributed by atoms with Gasteiger partial charge in [-0.05, 0) is 40.8 Å². The van der Waals surface area contributed by atoms with Crippen LogP contribution in [-0.2, 0) is 0 Å². The third-order valence-corrected chi connectivity index (χ3v) is 3.60. The van der Waals surface area contributed by atoms with Crippen molar-refractivity contribution in [3.8, 4) is 11.5 Å². The van der Waals surface area contributed by atoms with E-state index in [-0.39, 0.29) is 11.5 Å². The highest BCUT2D eigenvalue weighted by Crippen LogP contribution is 2.41. The average molecular weight is 336 g/mol. The van der Waals surface area contributed by atoms with E-state index in [0.29, 0.717) is 21.5 Å². The van der Waals surface area contributed by atoms with E-state index < -0.39 is 0 Å². The summed E-state index contributed by atoms with van der Waals surface area (Å²) in [4.78, 5) is 0. The molecule has 0 aromatic heterocycles. The maximum absolute atomic E-state index is 10.2. The minimum absolute atomic E-state index is 0.227. The molecule has 0 heterocycles. The van der Waals surface area contributed by atoms with Gasteiger partial charge >= 0.3 is 0 Å². The van der Waals surface area contributed by atoms with E-state index >= 15 is 0 Å². The van der Waals surface area contributed by atoms with Gasteiger partial charge in [0.25, 0.3) is 0 Å². The molecular formula is C14H9IO2. The molecule has 17 heavy (non-hydrogen) atoms. The highest BCUT2D eigenvalue weighted by Gasteiger charge is 2.12. The second kappa shape index (κ2) is 3.77. The summed E-state index contributed by atoms with van der Waals surface area (Å²) in [6.45, 7) is 0. The van der Waals surface area contributed by atoms with Gasteiger partial charge in [0.15, 0.2) is 0 Å². The van der Waals surface area contributed by atoms with Crippen molar-refractivity contribution in [1.29, 1.82) is 0 Å². The Labute approximate surface area is 112 Å². The van der Waals surface area contributed by atoms with Gasteiger partial charge in [-0.25, -0.2) is 0 Å². The second-order valence-corrected chi connectivity index (χ2v) is 5.18. The highest BCUT2D eigenvalue weighted by molar-refractivity contribution is 14.1. The third-order valence-electron chi connectivity index (χ3n) is 2.93. The molecule has 0 saturated carbocycles. The first-order valence-corrected chi connectivity index (χ1v) is 6.28. The number of benzene rings is 3. The number of hydrogen-bond acceptors (Lipinski definition) is 2. The summed E-state index contributed by atoms with van der Waals surface area (Å²) in [5.74, 6) is 0.455. The minimum Gasteiger partial charge on any atom is -0.507 e. The number of aromatic hydroxyl groups is 2. The number of rotatable bonds is 0. The molecule has 0 saturated heterocycles. The molecule has 2 N–H and O–H groups in total. The average Bonchev–Trinajstić information content (AvgIpc) is 2.36. The molecule has 0 fully saturated rings. The molecule has 0 amide bonds. The van der Waals surface area contributed by atoms with E-state index in [4.69, 9.17) is 0 Å². The fourth-order valence-corrected chi connectivity index (χ4v) is 2.60. The Morgan fingerprint density at radius 3 is 1.88 bits per heavy atom. The first-order chi connectivity index (χ1) is 8.18. The Balaban J connectivity index is 2.63. The lowest BCUT2D eigenvalue weighted by Crippen LogP contribution is -1.82. The van der Waals surface area contributed by atoms with Crippen LogP contribution in [0.15, 0.2) is 42.5 Å². The molecule has 3 rings (SSSR count). The van der Waals surface area contributed by atoms with Gasteiger partial charge in [0.05, 0.1) is 0 Å². The topological polar surface area (TPSA) is 40.5 Å². The van der Waals surface area contributed by atoms with Crippen molar-refractivity contribution < 1.29 is 10.2 Å². The van der Waals surface area contributed by atoms with E-state index in [1.807, 2.05) is 42.5 Å². The van der Waals surface area contributed by atoms with Gasteiger partial charge in [-0.2, -0.15) is 0 Å². The Kier molecular flexibility index (Phi) is 2.36. The molecule has 0 radical (unpaired) electrons. The number of phenolic OH excluding ortho intramolecular Hbond substituents is 2. The molecule has 3 aromatic carbocycles. The molecule has 84 valence electrons. The summed E-state index contributed by atoms with van der Waals surface area (Å²) in [5, 5.41) is 23.2. The largest absolute Gasteiger partial charge is 0.507 e. The molecule has 0 unspecified atom stereocenters. The predicted molar refractivity (Wildman–Crippen MR) is 77.5 cm³/mol. The molecule has 0 bridgehead atoms. The van der Waals surface area contributed by atoms with Crippen molar-refractivity contribution in [2.24, 2.45) is 0 Å². The Hall–Kier alpha value is -1.49. The maximum Gasteiger partial charge on any atom is 0.131 e. The monoisotopic (exact) mass is 336 g/mol. The normalized spacial score (nSPS) is 11.1. The molecule has 0 atom stereocenters. The third kappa shape index (κ3) is 1.53.